The number of rotatable bonds is 8. The van der Waals surface area contributed by atoms with E-state index in [1.165, 1.54) is 38.5 Å². The molecule has 0 bridgehead atoms. The molecule has 0 aliphatic rings. The summed E-state index contributed by atoms with van der Waals surface area (Å²) in [6.07, 6.45) is 8.93. The first kappa shape index (κ1) is 13.0. The second-order valence-corrected chi connectivity index (χ2v) is 4.49. The Hall–Kier alpha value is -0.0400. The lowest BCUT2D eigenvalue weighted by Crippen LogP contribution is -2.19. The monoisotopic (exact) mass is 186 g/mol. The summed E-state index contributed by atoms with van der Waals surface area (Å²) in [4.78, 5) is 0. The molecule has 1 unspecified atom stereocenters. The van der Waals surface area contributed by atoms with Crippen LogP contribution in [-0.2, 0) is 0 Å². The molecule has 0 rings (SSSR count). The summed E-state index contributed by atoms with van der Waals surface area (Å²) in [5, 5.41) is 9.19. The molecule has 1 heteroatoms. The lowest BCUT2D eigenvalue weighted by Gasteiger charge is -2.25. The van der Waals surface area contributed by atoms with E-state index >= 15 is 0 Å². The highest BCUT2D eigenvalue weighted by Gasteiger charge is 2.19. The molecule has 0 spiro atoms. The SMILES string of the molecule is CCCCCCCC(C)(CC)CO. The lowest BCUT2D eigenvalue weighted by molar-refractivity contribution is 0.125. The summed E-state index contributed by atoms with van der Waals surface area (Å²) in [6, 6.07) is 0. The molecule has 0 saturated carbocycles. The Balaban J connectivity index is 3.39. The van der Waals surface area contributed by atoms with Crippen molar-refractivity contribution in [2.24, 2.45) is 5.41 Å². The highest BCUT2D eigenvalue weighted by atomic mass is 16.3. The Morgan fingerprint density at radius 1 is 1.00 bits per heavy atom. The van der Waals surface area contributed by atoms with Crippen LogP contribution in [-0.4, -0.2) is 11.7 Å². The molecule has 0 heterocycles. The first-order valence-electron chi connectivity index (χ1n) is 5.79. The van der Waals surface area contributed by atoms with Gasteiger partial charge in [0, 0.05) is 6.61 Å². The van der Waals surface area contributed by atoms with Crippen molar-refractivity contribution in [3.8, 4) is 0 Å². The lowest BCUT2D eigenvalue weighted by atomic mass is 9.83. The Bertz CT molecular complexity index is 106. The molecule has 1 N–H and O–H groups in total. The summed E-state index contributed by atoms with van der Waals surface area (Å²) >= 11 is 0. The average molecular weight is 186 g/mol. The highest BCUT2D eigenvalue weighted by Crippen LogP contribution is 2.27. The van der Waals surface area contributed by atoms with E-state index in [4.69, 9.17) is 0 Å². The molecule has 0 saturated heterocycles. The first-order valence-corrected chi connectivity index (χ1v) is 5.79. The summed E-state index contributed by atoms with van der Waals surface area (Å²) in [5.41, 5.74) is 0.187. The second-order valence-electron chi connectivity index (χ2n) is 4.49. The molecule has 0 aliphatic heterocycles. The highest BCUT2D eigenvalue weighted by molar-refractivity contribution is 4.70. The van der Waals surface area contributed by atoms with E-state index in [-0.39, 0.29) is 5.41 Å². The van der Waals surface area contributed by atoms with Crippen molar-refractivity contribution in [2.45, 2.75) is 65.7 Å². The largest absolute Gasteiger partial charge is 0.396 e. The van der Waals surface area contributed by atoms with Crippen molar-refractivity contribution in [2.75, 3.05) is 6.61 Å². The molecule has 0 fully saturated rings. The maximum absolute atomic E-state index is 9.19. The minimum absolute atomic E-state index is 0.187. The molecule has 80 valence electrons. The summed E-state index contributed by atoms with van der Waals surface area (Å²) in [7, 11) is 0. The number of aliphatic hydroxyl groups is 1. The zero-order valence-corrected chi connectivity index (χ0v) is 9.60. The van der Waals surface area contributed by atoms with Gasteiger partial charge in [0.25, 0.3) is 0 Å². The quantitative estimate of drug-likeness (QED) is 0.572. The topological polar surface area (TPSA) is 20.2 Å². The number of hydrogen-bond acceptors (Lipinski definition) is 1. The molecule has 0 amide bonds. The standard InChI is InChI=1S/C12H26O/c1-4-6-7-8-9-10-12(3,5-2)11-13/h13H,4-11H2,1-3H3. The Morgan fingerprint density at radius 3 is 2.08 bits per heavy atom. The van der Waals surface area contributed by atoms with Gasteiger partial charge in [0.1, 0.15) is 0 Å². The van der Waals surface area contributed by atoms with Crippen molar-refractivity contribution >= 4 is 0 Å². The minimum Gasteiger partial charge on any atom is -0.396 e. The average Bonchev–Trinajstić information content (AvgIpc) is 2.17. The fraction of sp³-hybridized carbons (Fsp3) is 1.00. The second kappa shape index (κ2) is 7.37. The zero-order chi connectivity index (χ0) is 10.2. The third-order valence-electron chi connectivity index (χ3n) is 3.12. The number of aliphatic hydroxyl groups excluding tert-OH is 1. The normalized spacial score (nSPS) is 15.7. The smallest absolute Gasteiger partial charge is 0.0484 e. The van der Waals surface area contributed by atoms with Crippen LogP contribution in [0.3, 0.4) is 0 Å². The van der Waals surface area contributed by atoms with Gasteiger partial charge >= 0.3 is 0 Å². The van der Waals surface area contributed by atoms with Crippen LogP contribution in [0.25, 0.3) is 0 Å². The molecule has 1 nitrogen and oxygen atoms in total. The van der Waals surface area contributed by atoms with Gasteiger partial charge in [-0.3, -0.25) is 0 Å². The fourth-order valence-corrected chi connectivity index (χ4v) is 1.52. The minimum atomic E-state index is 0.187. The van der Waals surface area contributed by atoms with Crippen molar-refractivity contribution in [1.29, 1.82) is 0 Å². The summed E-state index contributed by atoms with van der Waals surface area (Å²) < 4.78 is 0. The molecule has 0 aliphatic carbocycles. The van der Waals surface area contributed by atoms with Gasteiger partial charge in [-0.25, -0.2) is 0 Å². The molecule has 13 heavy (non-hydrogen) atoms. The maximum Gasteiger partial charge on any atom is 0.0484 e. The molecule has 0 aromatic rings. The number of hydrogen-bond donors (Lipinski definition) is 1. The van der Waals surface area contributed by atoms with E-state index < -0.39 is 0 Å². The van der Waals surface area contributed by atoms with Crippen LogP contribution in [0.15, 0.2) is 0 Å². The first-order chi connectivity index (χ1) is 6.18. The molecule has 0 aromatic heterocycles. The predicted octanol–water partition coefficient (Wildman–Crippen LogP) is 3.76. The van der Waals surface area contributed by atoms with Crippen LogP contribution in [0, 0.1) is 5.41 Å². The van der Waals surface area contributed by atoms with Crippen molar-refractivity contribution in [3.05, 3.63) is 0 Å². The third kappa shape index (κ3) is 6.09. The summed E-state index contributed by atoms with van der Waals surface area (Å²) in [5.74, 6) is 0. The molecule has 0 radical (unpaired) electrons. The molecule has 1 atom stereocenters. The van der Waals surface area contributed by atoms with Crippen molar-refractivity contribution in [3.63, 3.8) is 0 Å². The third-order valence-corrected chi connectivity index (χ3v) is 3.12. The van der Waals surface area contributed by atoms with E-state index in [1.54, 1.807) is 0 Å². The van der Waals surface area contributed by atoms with E-state index in [1.807, 2.05) is 0 Å². The van der Waals surface area contributed by atoms with E-state index in [0.29, 0.717) is 6.61 Å². The van der Waals surface area contributed by atoms with Gasteiger partial charge in [0.2, 0.25) is 0 Å². The van der Waals surface area contributed by atoms with Crippen LogP contribution in [0.2, 0.25) is 0 Å². The predicted molar refractivity (Wildman–Crippen MR) is 58.9 cm³/mol. The van der Waals surface area contributed by atoms with Gasteiger partial charge in [-0.2, -0.15) is 0 Å². The van der Waals surface area contributed by atoms with E-state index in [9.17, 15) is 5.11 Å². The maximum atomic E-state index is 9.19. The summed E-state index contributed by atoms with van der Waals surface area (Å²) in [6.45, 7) is 6.94. The van der Waals surface area contributed by atoms with Gasteiger partial charge in [0.15, 0.2) is 0 Å². The number of unbranched alkanes of at least 4 members (excludes halogenated alkanes) is 4. The Labute approximate surface area is 83.5 Å². The Morgan fingerprint density at radius 2 is 1.62 bits per heavy atom. The van der Waals surface area contributed by atoms with Gasteiger partial charge in [0.05, 0.1) is 0 Å². The van der Waals surface area contributed by atoms with Gasteiger partial charge in [-0.05, 0) is 18.3 Å². The fourth-order valence-electron chi connectivity index (χ4n) is 1.52. The van der Waals surface area contributed by atoms with Gasteiger partial charge < -0.3 is 5.11 Å². The zero-order valence-electron chi connectivity index (χ0n) is 9.60. The van der Waals surface area contributed by atoms with Crippen LogP contribution >= 0.6 is 0 Å². The van der Waals surface area contributed by atoms with E-state index in [0.717, 1.165) is 6.42 Å². The van der Waals surface area contributed by atoms with Crippen molar-refractivity contribution < 1.29 is 5.11 Å². The molecular weight excluding hydrogens is 160 g/mol. The van der Waals surface area contributed by atoms with Gasteiger partial charge in [-0.1, -0.05) is 52.9 Å². The van der Waals surface area contributed by atoms with Crippen LogP contribution in [0.4, 0.5) is 0 Å². The van der Waals surface area contributed by atoms with Crippen LogP contribution in [0.5, 0.6) is 0 Å². The van der Waals surface area contributed by atoms with Crippen LogP contribution in [0.1, 0.15) is 65.7 Å². The van der Waals surface area contributed by atoms with Gasteiger partial charge in [-0.15, -0.1) is 0 Å². The molecule has 0 aromatic carbocycles. The van der Waals surface area contributed by atoms with E-state index in [2.05, 4.69) is 20.8 Å². The van der Waals surface area contributed by atoms with Crippen molar-refractivity contribution in [1.82, 2.24) is 0 Å². The molecular formula is C12H26O. The van der Waals surface area contributed by atoms with Crippen LogP contribution < -0.4 is 0 Å². The Kier molecular flexibility index (Phi) is 7.35.